The lowest BCUT2D eigenvalue weighted by atomic mass is 10.3. The number of esters is 1. The molecule has 0 aliphatic carbocycles. The number of aromatic nitrogens is 4. The van der Waals surface area contributed by atoms with Gasteiger partial charge in [-0.2, -0.15) is 5.10 Å². The SMILES string of the molecule is CC(=O)OC(C)c1nc(Cl)c2cnn(-c3ccc(F)cc3F)c2n1. The molecule has 9 heteroatoms. The van der Waals surface area contributed by atoms with Gasteiger partial charge in [-0.25, -0.2) is 23.4 Å². The molecule has 3 aromatic rings. The Hall–Kier alpha value is -2.61. The van der Waals surface area contributed by atoms with E-state index in [0.717, 1.165) is 12.1 Å². The van der Waals surface area contributed by atoms with Gasteiger partial charge in [-0.05, 0) is 19.1 Å². The zero-order valence-electron chi connectivity index (χ0n) is 12.6. The van der Waals surface area contributed by atoms with Crippen LogP contribution in [0.2, 0.25) is 5.15 Å². The van der Waals surface area contributed by atoms with Gasteiger partial charge in [-0.3, -0.25) is 4.79 Å². The van der Waals surface area contributed by atoms with Crippen molar-refractivity contribution in [1.29, 1.82) is 0 Å². The van der Waals surface area contributed by atoms with Crippen LogP contribution in [0.1, 0.15) is 25.8 Å². The fraction of sp³-hybridized carbons (Fsp3) is 0.200. The monoisotopic (exact) mass is 352 g/mol. The molecule has 0 radical (unpaired) electrons. The third kappa shape index (κ3) is 2.92. The van der Waals surface area contributed by atoms with Gasteiger partial charge in [0.15, 0.2) is 23.4 Å². The van der Waals surface area contributed by atoms with Crippen molar-refractivity contribution in [2.24, 2.45) is 0 Å². The Morgan fingerprint density at radius 3 is 2.75 bits per heavy atom. The van der Waals surface area contributed by atoms with E-state index in [1.54, 1.807) is 6.92 Å². The van der Waals surface area contributed by atoms with Crippen molar-refractivity contribution < 1.29 is 18.3 Å². The van der Waals surface area contributed by atoms with Gasteiger partial charge in [0.2, 0.25) is 0 Å². The Bertz CT molecular complexity index is 945. The number of rotatable bonds is 3. The summed E-state index contributed by atoms with van der Waals surface area (Å²) >= 11 is 6.11. The van der Waals surface area contributed by atoms with Gasteiger partial charge in [-0.15, -0.1) is 0 Å². The van der Waals surface area contributed by atoms with Crippen molar-refractivity contribution in [2.45, 2.75) is 20.0 Å². The van der Waals surface area contributed by atoms with Crippen LogP contribution in [0.25, 0.3) is 16.7 Å². The molecule has 6 nitrogen and oxygen atoms in total. The number of hydrogen-bond acceptors (Lipinski definition) is 5. The van der Waals surface area contributed by atoms with Gasteiger partial charge in [0, 0.05) is 13.0 Å². The second-order valence-electron chi connectivity index (χ2n) is 5.01. The molecule has 0 fully saturated rings. The Morgan fingerprint density at radius 2 is 2.08 bits per heavy atom. The van der Waals surface area contributed by atoms with Gasteiger partial charge < -0.3 is 4.74 Å². The summed E-state index contributed by atoms with van der Waals surface area (Å²) in [5.74, 6) is -1.86. The second-order valence-corrected chi connectivity index (χ2v) is 5.37. The molecule has 0 spiro atoms. The first-order valence-electron chi connectivity index (χ1n) is 6.90. The smallest absolute Gasteiger partial charge is 0.303 e. The minimum atomic E-state index is -0.802. The van der Waals surface area contributed by atoms with Crippen LogP contribution in [0.3, 0.4) is 0 Å². The van der Waals surface area contributed by atoms with Gasteiger partial charge in [0.25, 0.3) is 0 Å². The van der Waals surface area contributed by atoms with E-state index in [0.29, 0.717) is 5.39 Å². The lowest BCUT2D eigenvalue weighted by Gasteiger charge is -2.11. The fourth-order valence-corrected chi connectivity index (χ4v) is 2.42. The van der Waals surface area contributed by atoms with E-state index in [1.807, 2.05) is 0 Å². The number of nitrogens with zero attached hydrogens (tertiary/aromatic N) is 4. The average molecular weight is 353 g/mol. The lowest BCUT2D eigenvalue weighted by Crippen LogP contribution is -2.10. The summed E-state index contributed by atoms with van der Waals surface area (Å²) in [6.45, 7) is 2.84. The number of ether oxygens (including phenoxy) is 1. The van der Waals surface area contributed by atoms with Crippen LogP contribution in [0.4, 0.5) is 8.78 Å². The van der Waals surface area contributed by atoms with Gasteiger partial charge >= 0.3 is 5.97 Å². The minimum absolute atomic E-state index is 0.00672. The van der Waals surface area contributed by atoms with Crippen molar-refractivity contribution >= 4 is 28.6 Å². The topological polar surface area (TPSA) is 69.9 Å². The van der Waals surface area contributed by atoms with E-state index in [9.17, 15) is 13.6 Å². The van der Waals surface area contributed by atoms with Crippen LogP contribution in [-0.2, 0) is 9.53 Å². The number of carbonyl (C=O) groups excluding carboxylic acids is 1. The summed E-state index contributed by atoms with van der Waals surface area (Å²) in [7, 11) is 0. The van der Waals surface area contributed by atoms with E-state index in [1.165, 1.54) is 23.9 Å². The summed E-state index contributed by atoms with van der Waals surface area (Å²) in [6.07, 6.45) is 0.631. The van der Waals surface area contributed by atoms with Crippen LogP contribution in [0, 0.1) is 11.6 Å². The zero-order chi connectivity index (χ0) is 17.4. The number of hydrogen-bond donors (Lipinski definition) is 0. The summed E-state index contributed by atoms with van der Waals surface area (Å²) < 4.78 is 33.3. The molecule has 0 amide bonds. The Morgan fingerprint density at radius 1 is 1.33 bits per heavy atom. The number of carbonyl (C=O) groups is 1. The maximum Gasteiger partial charge on any atom is 0.303 e. The van der Waals surface area contributed by atoms with E-state index in [-0.39, 0.29) is 22.3 Å². The molecule has 1 aromatic carbocycles. The van der Waals surface area contributed by atoms with E-state index in [4.69, 9.17) is 16.3 Å². The second kappa shape index (κ2) is 6.12. The molecular weight excluding hydrogens is 342 g/mol. The molecule has 2 aromatic heterocycles. The highest BCUT2D eigenvalue weighted by Crippen LogP contribution is 2.26. The highest BCUT2D eigenvalue weighted by Gasteiger charge is 2.19. The van der Waals surface area contributed by atoms with Crippen LogP contribution >= 0.6 is 11.6 Å². The molecule has 1 atom stereocenters. The normalized spacial score (nSPS) is 12.4. The highest BCUT2D eigenvalue weighted by atomic mass is 35.5. The third-order valence-corrected chi connectivity index (χ3v) is 3.53. The minimum Gasteiger partial charge on any atom is -0.455 e. The maximum absolute atomic E-state index is 14.0. The number of benzene rings is 1. The molecule has 124 valence electrons. The molecule has 1 unspecified atom stereocenters. The molecular formula is C15H11ClF2N4O2. The third-order valence-electron chi connectivity index (χ3n) is 3.24. The Labute approximate surface area is 140 Å². The summed E-state index contributed by atoms with van der Waals surface area (Å²) in [5.41, 5.74) is 0.224. The van der Waals surface area contributed by atoms with Crippen molar-refractivity contribution in [1.82, 2.24) is 19.7 Å². The molecule has 0 saturated heterocycles. The Balaban J connectivity index is 2.16. The molecule has 0 N–H and O–H groups in total. The molecule has 0 saturated carbocycles. The molecule has 0 bridgehead atoms. The first-order chi connectivity index (χ1) is 11.4. The number of halogens is 3. The van der Waals surface area contributed by atoms with Crippen molar-refractivity contribution in [2.75, 3.05) is 0 Å². The first-order valence-corrected chi connectivity index (χ1v) is 7.28. The summed E-state index contributed by atoms with van der Waals surface area (Å²) in [6, 6.07) is 3.09. The standard InChI is InChI=1S/C15H11ClF2N4O2/c1-7(24-8(2)23)14-20-13(16)10-6-19-22(15(10)21-14)12-4-3-9(17)5-11(12)18/h3-7H,1-2H3. The molecule has 24 heavy (non-hydrogen) atoms. The zero-order valence-corrected chi connectivity index (χ0v) is 13.4. The predicted octanol–water partition coefficient (Wildman–Crippen LogP) is 3.37. The maximum atomic E-state index is 14.0. The Kier molecular flexibility index (Phi) is 4.15. The fourth-order valence-electron chi connectivity index (χ4n) is 2.20. The van der Waals surface area contributed by atoms with Crippen molar-refractivity contribution in [3.63, 3.8) is 0 Å². The molecule has 0 aliphatic rings. The highest BCUT2D eigenvalue weighted by molar-refractivity contribution is 6.33. The van der Waals surface area contributed by atoms with Crippen LogP contribution in [-0.4, -0.2) is 25.7 Å². The average Bonchev–Trinajstić information content (AvgIpc) is 2.91. The van der Waals surface area contributed by atoms with Gasteiger partial charge in [0.1, 0.15) is 16.7 Å². The lowest BCUT2D eigenvalue weighted by molar-refractivity contribution is -0.146. The van der Waals surface area contributed by atoms with Crippen molar-refractivity contribution in [3.8, 4) is 5.69 Å². The first kappa shape index (κ1) is 16.3. The van der Waals surface area contributed by atoms with Crippen molar-refractivity contribution in [3.05, 3.63) is 47.0 Å². The quantitative estimate of drug-likeness (QED) is 0.534. The van der Waals surface area contributed by atoms with E-state index < -0.39 is 23.7 Å². The van der Waals surface area contributed by atoms with Crippen LogP contribution < -0.4 is 0 Å². The molecule has 2 heterocycles. The summed E-state index contributed by atoms with van der Waals surface area (Å²) in [4.78, 5) is 19.4. The van der Waals surface area contributed by atoms with Gasteiger partial charge in [-0.1, -0.05) is 11.6 Å². The molecule has 0 aliphatic heterocycles. The van der Waals surface area contributed by atoms with Crippen LogP contribution in [0.5, 0.6) is 0 Å². The number of fused-ring (bicyclic) bond motifs is 1. The van der Waals surface area contributed by atoms with Gasteiger partial charge in [0.05, 0.1) is 11.6 Å². The van der Waals surface area contributed by atoms with Crippen LogP contribution in [0.15, 0.2) is 24.4 Å². The predicted molar refractivity (Wildman–Crippen MR) is 81.8 cm³/mol. The van der Waals surface area contributed by atoms with E-state index in [2.05, 4.69) is 15.1 Å². The van der Waals surface area contributed by atoms with E-state index >= 15 is 0 Å². The molecule has 3 rings (SSSR count). The largest absolute Gasteiger partial charge is 0.455 e. The summed E-state index contributed by atoms with van der Waals surface area (Å²) in [5, 5.41) is 4.51.